The first kappa shape index (κ1) is 13.3. The zero-order chi connectivity index (χ0) is 12.8. The van der Waals surface area contributed by atoms with Crippen molar-refractivity contribution in [1.29, 1.82) is 0 Å². The van der Waals surface area contributed by atoms with E-state index in [2.05, 4.69) is 0 Å². The summed E-state index contributed by atoms with van der Waals surface area (Å²) in [6.45, 7) is 1.57. The minimum Gasteiger partial charge on any atom is -0.378 e. The quantitative estimate of drug-likeness (QED) is 0.456. The fourth-order valence-electron chi connectivity index (χ4n) is 1.78. The van der Waals surface area contributed by atoms with Crippen LogP contribution >= 0.6 is 11.9 Å². The average molecular weight is 265 g/mol. The Labute approximate surface area is 110 Å². The highest BCUT2D eigenvalue weighted by Crippen LogP contribution is 2.22. The van der Waals surface area contributed by atoms with Crippen LogP contribution in [0, 0.1) is 0 Å². The van der Waals surface area contributed by atoms with Crippen molar-refractivity contribution in [2.45, 2.75) is 11.8 Å². The number of aldehydes is 1. The minimum absolute atomic E-state index is 0.305. The zero-order valence-electron chi connectivity index (χ0n) is 9.95. The van der Waals surface area contributed by atoms with E-state index >= 15 is 0 Å². The van der Waals surface area contributed by atoms with Gasteiger partial charge in [-0.2, -0.15) is 0 Å². The van der Waals surface area contributed by atoms with Gasteiger partial charge >= 0.3 is 0 Å². The van der Waals surface area contributed by atoms with Crippen molar-refractivity contribution in [3.05, 3.63) is 35.9 Å². The summed E-state index contributed by atoms with van der Waals surface area (Å²) in [7, 11) is 0. The molecule has 4 nitrogen and oxygen atoms in total. The topological polar surface area (TPSA) is 46.6 Å². The number of morpholine rings is 1. The van der Waals surface area contributed by atoms with Crippen LogP contribution in [0.5, 0.6) is 0 Å². The average Bonchev–Trinajstić information content (AvgIpc) is 2.45. The van der Waals surface area contributed by atoms with Crippen molar-refractivity contribution in [2.75, 3.05) is 19.8 Å². The lowest BCUT2D eigenvalue weighted by Gasteiger charge is -2.32. The number of carbonyl (C=O) groups excluding carboxylic acids is 2. The normalized spacial score (nSPS) is 20.6. The highest BCUT2D eigenvalue weighted by molar-refractivity contribution is 7.96. The molecular formula is C13H15NO3S. The van der Waals surface area contributed by atoms with Gasteiger partial charge in [0.15, 0.2) is 6.29 Å². The van der Waals surface area contributed by atoms with Crippen LogP contribution < -0.4 is 0 Å². The summed E-state index contributed by atoms with van der Waals surface area (Å²) >= 11 is 1.58. The number of ketones is 1. The largest absolute Gasteiger partial charge is 0.378 e. The first-order chi connectivity index (χ1) is 8.81. The maximum atomic E-state index is 11.5. The number of benzene rings is 1. The SMILES string of the molecule is O=CC(=O)C1COCCN1SCc1ccccc1. The highest BCUT2D eigenvalue weighted by atomic mass is 32.2. The van der Waals surface area contributed by atoms with Crippen molar-refractivity contribution in [2.24, 2.45) is 0 Å². The van der Waals surface area contributed by atoms with Gasteiger partial charge in [0.05, 0.1) is 13.2 Å². The van der Waals surface area contributed by atoms with Gasteiger partial charge in [0.2, 0.25) is 5.78 Å². The van der Waals surface area contributed by atoms with Gasteiger partial charge in [0, 0.05) is 12.3 Å². The Balaban J connectivity index is 1.93. The fourth-order valence-corrected chi connectivity index (χ4v) is 2.83. The monoisotopic (exact) mass is 265 g/mol. The molecule has 0 amide bonds. The van der Waals surface area contributed by atoms with Gasteiger partial charge in [-0.1, -0.05) is 42.3 Å². The Morgan fingerprint density at radius 3 is 2.94 bits per heavy atom. The van der Waals surface area contributed by atoms with Gasteiger partial charge < -0.3 is 4.74 Å². The summed E-state index contributed by atoms with van der Waals surface area (Å²) < 4.78 is 7.20. The van der Waals surface area contributed by atoms with Gasteiger partial charge in [-0.15, -0.1) is 0 Å². The Morgan fingerprint density at radius 1 is 1.44 bits per heavy atom. The molecule has 0 radical (unpaired) electrons. The maximum absolute atomic E-state index is 11.5. The molecule has 1 aliphatic heterocycles. The fraction of sp³-hybridized carbons (Fsp3) is 0.385. The third-order valence-corrected chi connectivity index (χ3v) is 3.99. The molecule has 0 aliphatic carbocycles. The van der Waals surface area contributed by atoms with E-state index in [9.17, 15) is 9.59 Å². The number of Topliss-reactive ketones (excluding diaryl/α,β-unsaturated/α-hetero) is 1. The maximum Gasteiger partial charge on any atom is 0.215 e. The second-order valence-electron chi connectivity index (χ2n) is 4.01. The van der Waals surface area contributed by atoms with Crippen LogP contribution in [0.2, 0.25) is 0 Å². The third-order valence-electron chi connectivity index (χ3n) is 2.76. The summed E-state index contributed by atoms with van der Waals surface area (Å²) in [5.74, 6) is 0.388. The first-order valence-corrected chi connectivity index (χ1v) is 6.76. The van der Waals surface area contributed by atoms with Gasteiger partial charge in [-0.3, -0.25) is 9.59 Å². The molecule has 0 saturated carbocycles. The third kappa shape index (κ3) is 3.41. The molecule has 2 rings (SSSR count). The summed E-state index contributed by atoms with van der Waals surface area (Å²) in [6.07, 6.45) is 0.384. The number of carbonyl (C=O) groups is 2. The molecule has 0 N–H and O–H groups in total. The molecule has 5 heteroatoms. The highest BCUT2D eigenvalue weighted by Gasteiger charge is 2.29. The van der Waals surface area contributed by atoms with Crippen LogP contribution in [-0.4, -0.2) is 42.2 Å². The number of rotatable bonds is 5. The molecule has 1 unspecified atom stereocenters. The van der Waals surface area contributed by atoms with Crippen molar-refractivity contribution in [3.8, 4) is 0 Å². The van der Waals surface area contributed by atoms with Gasteiger partial charge in [0.1, 0.15) is 6.04 Å². The molecule has 1 aliphatic rings. The van der Waals surface area contributed by atoms with Crippen LogP contribution in [0.25, 0.3) is 0 Å². The minimum atomic E-state index is -0.440. The number of nitrogens with zero attached hydrogens (tertiary/aromatic N) is 1. The molecule has 1 aromatic carbocycles. The lowest BCUT2D eigenvalue weighted by Crippen LogP contribution is -2.46. The Kier molecular flexibility index (Phi) is 4.92. The van der Waals surface area contributed by atoms with E-state index in [4.69, 9.17) is 4.74 Å². The molecule has 1 atom stereocenters. The van der Waals surface area contributed by atoms with E-state index in [-0.39, 0.29) is 0 Å². The van der Waals surface area contributed by atoms with Crippen molar-refractivity contribution >= 4 is 24.0 Å². The van der Waals surface area contributed by atoms with E-state index in [0.29, 0.717) is 26.0 Å². The number of ether oxygens (including phenoxy) is 1. The zero-order valence-corrected chi connectivity index (χ0v) is 10.8. The standard InChI is InChI=1S/C13H15NO3S/c15-8-13(16)12-9-17-7-6-14(12)18-10-11-4-2-1-3-5-11/h1-5,8,12H,6-7,9-10H2. The molecule has 1 saturated heterocycles. The molecule has 96 valence electrons. The lowest BCUT2D eigenvalue weighted by molar-refractivity contribution is -0.135. The van der Waals surface area contributed by atoms with E-state index < -0.39 is 11.8 Å². The molecule has 18 heavy (non-hydrogen) atoms. The van der Waals surface area contributed by atoms with E-state index in [1.165, 1.54) is 5.56 Å². The Hall–Kier alpha value is -1.17. The van der Waals surface area contributed by atoms with Gasteiger partial charge in [-0.25, -0.2) is 4.31 Å². The van der Waals surface area contributed by atoms with Crippen LogP contribution in [0.15, 0.2) is 30.3 Å². The number of hydrogen-bond acceptors (Lipinski definition) is 5. The summed E-state index contributed by atoms with van der Waals surface area (Å²) in [5, 5.41) is 0. The van der Waals surface area contributed by atoms with Crippen LogP contribution in [0.1, 0.15) is 5.56 Å². The number of hydrogen-bond donors (Lipinski definition) is 0. The van der Waals surface area contributed by atoms with Crippen LogP contribution in [0.3, 0.4) is 0 Å². The van der Waals surface area contributed by atoms with Crippen molar-refractivity contribution < 1.29 is 14.3 Å². The molecular weight excluding hydrogens is 250 g/mol. The Bertz CT molecular complexity index is 410. The van der Waals surface area contributed by atoms with Crippen molar-refractivity contribution in [1.82, 2.24) is 4.31 Å². The first-order valence-electron chi connectivity index (χ1n) is 5.81. The van der Waals surface area contributed by atoms with E-state index in [1.807, 2.05) is 34.6 Å². The molecule has 1 aromatic rings. The van der Waals surface area contributed by atoms with Crippen molar-refractivity contribution in [3.63, 3.8) is 0 Å². The summed E-state index contributed by atoms with van der Waals surface area (Å²) in [5.41, 5.74) is 1.20. The molecule has 1 fully saturated rings. The second kappa shape index (κ2) is 6.68. The van der Waals surface area contributed by atoms with Gasteiger partial charge in [0.25, 0.3) is 0 Å². The molecule has 0 spiro atoms. The van der Waals surface area contributed by atoms with Crippen LogP contribution in [0.4, 0.5) is 0 Å². The van der Waals surface area contributed by atoms with E-state index in [1.54, 1.807) is 11.9 Å². The predicted octanol–water partition coefficient (Wildman–Crippen LogP) is 1.30. The smallest absolute Gasteiger partial charge is 0.215 e. The summed E-state index contributed by atoms with van der Waals surface area (Å²) in [6, 6.07) is 9.60. The van der Waals surface area contributed by atoms with Crippen LogP contribution in [-0.2, 0) is 20.1 Å². The van der Waals surface area contributed by atoms with E-state index in [0.717, 1.165) is 5.75 Å². The summed E-state index contributed by atoms with van der Waals surface area (Å²) in [4.78, 5) is 22.1. The molecule has 0 aromatic heterocycles. The molecule has 1 heterocycles. The second-order valence-corrected chi connectivity index (χ2v) is 5.03. The van der Waals surface area contributed by atoms with Gasteiger partial charge in [-0.05, 0) is 5.56 Å². The molecule has 0 bridgehead atoms. The Morgan fingerprint density at radius 2 is 2.22 bits per heavy atom. The lowest BCUT2D eigenvalue weighted by atomic mass is 10.2. The predicted molar refractivity (Wildman–Crippen MR) is 70.1 cm³/mol.